The average molecular weight is 418 g/mol. The average Bonchev–Trinajstić information content (AvgIpc) is 2.69. The Morgan fingerprint density at radius 3 is 2.67 bits per heavy atom. The van der Waals surface area contributed by atoms with E-state index in [9.17, 15) is 13.2 Å². The SMILES string of the molecule is COc1cc2nc(C)cc(NCc3cccc(C(F)F)c3F)c2cc1OC1COC1. The van der Waals surface area contributed by atoms with Crippen LogP contribution in [0, 0.1) is 12.7 Å². The van der Waals surface area contributed by atoms with Gasteiger partial charge in [0.05, 0.1) is 31.4 Å². The molecule has 1 aliphatic heterocycles. The molecule has 0 bridgehead atoms. The zero-order valence-corrected chi connectivity index (χ0v) is 16.5. The van der Waals surface area contributed by atoms with Gasteiger partial charge in [-0.2, -0.15) is 0 Å². The van der Waals surface area contributed by atoms with Gasteiger partial charge in [-0.1, -0.05) is 18.2 Å². The van der Waals surface area contributed by atoms with Crippen molar-refractivity contribution in [3.05, 3.63) is 59.0 Å². The molecular weight excluding hydrogens is 397 g/mol. The van der Waals surface area contributed by atoms with Crippen molar-refractivity contribution in [2.45, 2.75) is 26.0 Å². The van der Waals surface area contributed by atoms with Gasteiger partial charge in [0.15, 0.2) is 11.5 Å². The summed E-state index contributed by atoms with van der Waals surface area (Å²) in [5.41, 5.74) is 1.67. The number of hydrogen-bond acceptors (Lipinski definition) is 5. The third-order valence-electron chi connectivity index (χ3n) is 4.94. The first-order chi connectivity index (χ1) is 14.5. The Labute approximate surface area is 171 Å². The van der Waals surface area contributed by atoms with Crippen molar-refractivity contribution in [1.29, 1.82) is 0 Å². The molecule has 0 saturated carbocycles. The second kappa shape index (κ2) is 8.39. The van der Waals surface area contributed by atoms with E-state index in [0.29, 0.717) is 35.9 Å². The number of hydrogen-bond donors (Lipinski definition) is 1. The lowest BCUT2D eigenvalue weighted by atomic mass is 10.1. The van der Waals surface area contributed by atoms with Gasteiger partial charge in [0.2, 0.25) is 0 Å². The van der Waals surface area contributed by atoms with Gasteiger partial charge >= 0.3 is 0 Å². The number of aromatic nitrogens is 1. The van der Waals surface area contributed by atoms with Crippen LogP contribution in [0.25, 0.3) is 10.9 Å². The number of rotatable bonds is 7. The highest BCUT2D eigenvalue weighted by Crippen LogP contribution is 2.36. The maximum Gasteiger partial charge on any atom is 0.266 e. The van der Waals surface area contributed by atoms with E-state index in [4.69, 9.17) is 14.2 Å². The maximum absolute atomic E-state index is 14.4. The highest BCUT2D eigenvalue weighted by atomic mass is 19.3. The van der Waals surface area contributed by atoms with Crippen LogP contribution in [0.15, 0.2) is 36.4 Å². The molecule has 3 aromatic rings. The number of alkyl halides is 2. The van der Waals surface area contributed by atoms with Crippen LogP contribution in [0.1, 0.15) is 23.2 Å². The largest absolute Gasteiger partial charge is 0.493 e. The van der Waals surface area contributed by atoms with E-state index in [1.165, 1.54) is 12.1 Å². The molecule has 1 fully saturated rings. The summed E-state index contributed by atoms with van der Waals surface area (Å²) in [6.07, 6.45) is -2.91. The molecule has 0 radical (unpaired) electrons. The van der Waals surface area contributed by atoms with E-state index in [2.05, 4.69) is 10.3 Å². The van der Waals surface area contributed by atoms with Crippen LogP contribution in [-0.4, -0.2) is 31.4 Å². The number of benzene rings is 2. The first kappa shape index (κ1) is 20.3. The van der Waals surface area contributed by atoms with Gasteiger partial charge in [0.1, 0.15) is 11.9 Å². The molecule has 0 aliphatic carbocycles. The second-order valence-electron chi connectivity index (χ2n) is 7.08. The van der Waals surface area contributed by atoms with E-state index < -0.39 is 17.8 Å². The number of pyridine rings is 1. The predicted octanol–water partition coefficient (Wildman–Crippen LogP) is 5.02. The molecule has 5 nitrogen and oxygen atoms in total. The van der Waals surface area contributed by atoms with Crippen LogP contribution in [0.5, 0.6) is 11.5 Å². The molecule has 30 heavy (non-hydrogen) atoms. The van der Waals surface area contributed by atoms with Crippen LogP contribution in [-0.2, 0) is 11.3 Å². The topological polar surface area (TPSA) is 52.6 Å². The summed E-state index contributed by atoms with van der Waals surface area (Å²) < 4.78 is 56.9. The van der Waals surface area contributed by atoms with Crippen LogP contribution < -0.4 is 14.8 Å². The van der Waals surface area contributed by atoms with Crippen molar-refractivity contribution >= 4 is 16.6 Å². The molecule has 0 spiro atoms. The molecule has 1 saturated heterocycles. The van der Waals surface area contributed by atoms with Crippen molar-refractivity contribution < 1.29 is 27.4 Å². The molecule has 1 aromatic heterocycles. The summed E-state index contributed by atoms with van der Waals surface area (Å²) in [5, 5.41) is 3.90. The third-order valence-corrected chi connectivity index (χ3v) is 4.94. The second-order valence-corrected chi connectivity index (χ2v) is 7.08. The van der Waals surface area contributed by atoms with Gasteiger partial charge in [-0.3, -0.25) is 4.98 Å². The number of nitrogens with zero attached hydrogens (tertiary/aromatic N) is 1. The van der Waals surface area contributed by atoms with Crippen molar-refractivity contribution in [1.82, 2.24) is 4.98 Å². The number of halogens is 3. The predicted molar refractivity (Wildman–Crippen MR) is 107 cm³/mol. The van der Waals surface area contributed by atoms with Gasteiger partial charge in [-0.15, -0.1) is 0 Å². The monoisotopic (exact) mass is 418 g/mol. The van der Waals surface area contributed by atoms with Crippen molar-refractivity contribution in [2.24, 2.45) is 0 Å². The molecule has 0 unspecified atom stereocenters. The zero-order valence-electron chi connectivity index (χ0n) is 16.5. The van der Waals surface area contributed by atoms with Gasteiger partial charge in [0.25, 0.3) is 6.43 Å². The summed E-state index contributed by atoms with van der Waals surface area (Å²) in [6.45, 7) is 2.91. The lowest BCUT2D eigenvalue weighted by Crippen LogP contribution is -2.38. The van der Waals surface area contributed by atoms with Gasteiger partial charge in [-0.25, -0.2) is 13.2 Å². The van der Waals surface area contributed by atoms with Crippen LogP contribution in [0.3, 0.4) is 0 Å². The highest BCUT2D eigenvalue weighted by Gasteiger charge is 2.23. The summed E-state index contributed by atoms with van der Waals surface area (Å²) in [4.78, 5) is 4.54. The van der Waals surface area contributed by atoms with E-state index >= 15 is 0 Å². The fraction of sp³-hybridized carbons (Fsp3) is 0.318. The molecule has 0 amide bonds. The number of anilines is 1. The number of aryl methyl sites for hydroxylation is 1. The Morgan fingerprint density at radius 1 is 1.20 bits per heavy atom. The van der Waals surface area contributed by atoms with Gasteiger partial charge in [0, 0.05) is 34.9 Å². The third kappa shape index (κ3) is 4.00. The van der Waals surface area contributed by atoms with Crippen molar-refractivity contribution in [3.63, 3.8) is 0 Å². The fourth-order valence-corrected chi connectivity index (χ4v) is 3.32. The minimum absolute atomic E-state index is 0.0441. The van der Waals surface area contributed by atoms with Crippen molar-refractivity contribution in [2.75, 3.05) is 25.6 Å². The van der Waals surface area contributed by atoms with Gasteiger partial charge in [-0.05, 0) is 19.1 Å². The lowest BCUT2D eigenvalue weighted by molar-refractivity contribution is -0.0802. The zero-order chi connectivity index (χ0) is 21.3. The standard InChI is InChI=1S/C22H21F3N2O3/c1-12-6-17(26-9-13-4-3-5-15(21(13)23)22(24)25)16-7-20(30-14-10-29-11-14)19(28-2)8-18(16)27-12/h3-8,14,22H,9-11H2,1-2H3,(H,26,27). The maximum atomic E-state index is 14.4. The minimum atomic E-state index is -2.86. The Kier molecular flexibility index (Phi) is 5.67. The Balaban J connectivity index is 1.68. The number of nitrogens with one attached hydrogen (secondary N) is 1. The summed E-state index contributed by atoms with van der Waals surface area (Å²) >= 11 is 0. The minimum Gasteiger partial charge on any atom is -0.493 e. The number of methoxy groups -OCH3 is 1. The molecule has 2 aromatic carbocycles. The smallest absolute Gasteiger partial charge is 0.266 e. The first-order valence-electron chi connectivity index (χ1n) is 9.49. The normalized spacial score (nSPS) is 14.1. The first-order valence-corrected chi connectivity index (χ1v) is 9.49. The summed E-state index contributed by atoms with van der Waals surface area (Å²) in [6, 6.07) is 9.41. The Morgan fingerprint density at radius 2 is 2.00 bits per heavy atom. The van der Waals surface area contributed by atoms with Crippen LogP contribution in [0.4, 0.5) is 18.9 Å². The van der Waals surface area contributed by atoms with Crippen LogP contribution in [0.2, 0.25) is 0 Å². The highest BCUT2D eigenvalue weighted by molar-refractivity contribution is 5.94. The molecule has 1 aliphatic rings. The molecule has 0 atom stereocenters. The Hall–Kier alpha value is -3.00. The van der Waals surface area contributed by atoms with Crippen molar-refractivity contribution in [3.8, 4) is 11.5 Å². The summed E-state index contributed by atoms with van der Waals surface area (Å²) in [5.74, 6) is 0.206. The van der Waals surface area contributed by atoms with Gasteiger partial charge < -0.3 is 19.5 Å². The molecule has 1 N–H and O–H groups in total. The molecule has 2 heterocycles. The van der Waals surface area contributed by atoms with E-state index in [0.717, 1.165) is 17.1 Å². The number of ether oxygens (including phenoxy) is 3. The lowest BCUT2D eigenvalue weighted by Gasteiger charge is -2.27. The summed E-state index contributed by atoms with van der Waals surface area (Å²) in [7, 11) is 1.55. The quantitative estimate of drug-likeness (QED) is 0.584. The van der Waals surface area contributed by atoms with E-state index in [1.54, 1.807) is 13.2 Å². The van der Waals surface area contributed by atoms with E-state index in [-0.39, 0.29) is 18.2 Å². The molecular formula is C22H21F3N2O3. The molecule has 8 heteroatoms. The van der Waals surface area contributed by atoms with Crippen LogP contribution >= 0.6 is 0 Å². The molecule has 158 valence electrons. The fourth-order valence-electron chi connectivity index (χ4n) is 3.32. The molecule has 4 rings (SSSR count). The number of fused-ring (bicyclic) bond motifs is 1. The Bertz CT molecular complexity index is 1070. The van der Waals surface area contributed by atoms with E-state index in [1.807, 2.05) is 19.1 Å².